The molecule has 2 rings (SSSR count). The molecule has 1 heterocycles. The Hall–Kier alpha value is -1.20. The maximum Gasteiger partial charge on any atom is 0.227 e. The molecule has 0 N–H and O–H groups in total. The SMILES string of the molecule is CCN(Cc1cccs1)C(=O)Cc1ccc(F)c(Br)c1. The highest BCUT2D eigenvalue weighted by molar-refractivity contribution is 9.10. The van der Waals surface area contributed by atoms with E-state index in [0.717, 1.165) is 5.56 Å². The second kappa shape index (κ2) is 6.99. The molecule has 0 saturated heterocycles. The van der Waals surface area contributed by atoms with Gasteiger partial charge in [-0.15, -0.1) is 11.3 Å². The highest BCUT2D eigenvalue weighted by Gasteiger charge is 2.14. The molecule has 0 fully saturated rings. The molecule has 1 aromatic carbocycles. The lowest BCUT2D eigenvalue weighted by Crippen LogP contribution is -2.31. The van der Waals surface area contributed by atoms with Crippen LogP contribution in [0.3, 0.4) is 0 Å². The lowest BCUT2D eigenvalue weighted by molar-refractivity contribution is -0.130. The van der Waals surface area contributed by atoms with Gasteiger partial charge in [-0.3, -0.25) is 4.79 Å². The Bertz CT molecular complexity index is 586. The molecule has 0 aliphatic rings. The summed E-state index contributed by atoms with van der Waals surface area (Å²) >= 11 is 4.78. The number of rotatable bonds is 5. The molecule has 0 atom stereocenters. The number of amides is 1. The summed E-state index contributed by atoms with van der Waals surface area (Å²) in [5, 5.41) is 2.00. The zero-order valence-electron chi connectivity index (χ0n) is 11.1. The van der Waals surface area contributed by atoms with Crippen molar-refractivity contribution in [3.8, 4) is 0 Å². The molecule has 5 heteroatoms. The van der Waals surface area contributed by atoms with E-state index in [1.165, 1.54) is 10.9 Å². The quantitative estimate of drug-likeness (QED) is 0.785. The summed E-state index contributed by atoms with van der Waals surface area (Å²) in [6.07, 6.45) is 0.290. The first kappa shape index (κ1) is 15.2. The van der Waals surface area contributed by atoms with E-state index in [1.807, 2.05) is 29.3 Å². The molecule has 1 amide bonds. The van der Waals surface area contributed by atoms with Gasteiger partial charge in [-0.1, -0.05) is 12.1 Å². The molecule has 0 radical (unpaired) electrons. The Morgan fingerprint density at radius 1 is 1.40 bits per heavy atom. The summed E-state index contributed by atoms with van der Waals surface area (Å²) in [5.41, 5.74) is 0.813. The van der Waals surface area contributed by atoms with Crippen molar-refractivity contribution >= 4 is 33.2 Å². The number of thiophene rings is 1. The van der Waals surface area contributed by atoms with Crippen molar-refractivity contribution in [3.63, 3.8) is 0 Å². The van der Waals surface area contributed by atoms with Crippen LogP contribution in [0.2, 0.25) is 0 Å². The number of carbonyl (C=O) groups excluding carboxylic acids is 1. The van der Waals surface area contributed by atoms with Gasteiger partial charge in [0.25, 0.3) is 0 Å². The van der Waals surface area contributed by atoms with Gasteiger partial charge in [0, 0.05) is 11.4 Å². The van der Waals surface area contributed by atoms with Crippen molar-refractivity contribution in [1.82, 2.24) is 4.90 Å². The smallest absolute Gasteiger partial charge is 0.227 e. The third-order valence-corrected chi connectivity index (χ3v) is 4.47. The average Bonchev–Trinajstić information content (AvgIpc) is 2.93. The van der Waals surface area contributed by atoms with Gasteiger partial charge < -0.3 is 4.90 Å². The van der Waals surface area contributed by atoms with Gasteiger partial charge in [0.15, 0.2) is 0 Å². The van der Waals surface area contributed by atoms with Gasteiger partial charge in [0.05, 0.1) is 17.4 Å². The Morgan fingerprint density at radius 3 is 2.80 bits per heavy atom. The molecule has 0 unspecified atom stereocenters. The van der Waals surface area contributed by atoms with Crippen LogP contribution in [0, 0.1) is 5.82 Å². The van der Waals surface area contributed by atoms with E-state index in [-0.39, 0.29) is 18.1 Å². The zero-order valence-corrected chi connectivity index (χ0v) is 13.5. The third kappa shape index (κ3) is 3.90. The van der Waals surface area contributed by atoms with E-state index in [1.54, 1.807) is 23.5 Å². The highest BCUT2D eigenvalue weighted by atomic mass is 79.9. The first-order valence-electron chi connectivity index (χ1n) is 6.34. The second-order valence-electron chi connectivity index (χ2n) is 4.41. The fourth-order valence-corrected chi connectivity index (χ4v) is 3.05. The van der Waals surface area contributed by atoms with Crippen LogP contribution >= 0.6 is 27.3 Å². The van der Waals surface area contributed by atoms with E-state index in [0.29, 0.717) is 17.6 Å². The van der Waals surface area contributed by atoms with E-state index in [4.69, 9.17) is 0 Å². The summed E-state index contributed by atoms with van der Waals surface area (Å²) in [7, 11) is 0. The summed E-state index contributed by atoms with van der Waals surface area (Å²) in [6, 6.07) is 8.69. The minimum absolute atomic E-state index is 0.0550. The predicted octanol–water partition coefficient (Wildman–Crippen LogP) is 4.24. The standard InChI is InChI=1S/C15H15BrFNOS/c1-2-18(10-12-4-3-7-20-12)15(19)9-11-5-6-14(17)13(16)8-11/h3-8H,2,9-10H2,1H3. The zero-order chi connectivity index (χ0) is 14.5. The summed E-state index contributed by atoms with van der Waals surface area (Å²) in [6.45, 7) is 3.26. The van der Waals surface area contributed by atoms with E-state index < -0.39 is 0 Å². The minimum Gasteiger partial charge on any atom is -0.338 e. The van der Waals surface area contributed by atoms with Gasteiger partial charge in [-0.2, -0.15) is 0 Å². The normalized spacial score (nSPS) is 10.6. The molecule has 106 valence electrons. The number of nitrogens with zero attached hydrogens (tertiary/aromatic N) is 1. The maximum atomic E-state index is 13.2. The molecule has 2 aromatic rings. The Labute approximate surface area is 130 Å². The number of likely N-dealkylation sites (N-methyl/N-ethyl adjacent to an activating group) is 1. The molecule has 1 aromatic heterocycles. The molecule has 0 aliphatic carbocycles. The fourth-order valence-electron chi connectivity index (χ4n) is 1.90. The first-order valence-corrected chi connectivity index (χ1v) is 8.01. The van der Waals surface area contributed by atoms with Crippen molar-refractivity contribution < 1.29 is 9.18 Å². The fraction of sp³-hybridized carbons (Fsp3) is 0.267. The van der Waals surface area contributed by atoms with Crippen LogP contribution in [0.1, 0.15) is 17.4 Å². The molecular formula is C15H15BrFNOS. The molecule has 0 bridgehead atoms. The second-order valence-corrected chi connectivity index (χ2v) is 6.30. The van der Waals surface area contributed by atoms with Crippen LogP contribution in [0.15, 0.2) is 40.2 Å². The third-order valence-electron chi connectivity index (χ3n) is 3.00. The molecule has 0 aliphatic heterocycles. The number of carbonyl (C=O) groups is 1. The number of hydrogen-bond donors (Lipinski definition) is 0. The summed E-state index contributed by atoms with van der Waals surface area (Å²) < 4.78 is 13.6. The summed E-state index contributed by atoms with van der Waals surface area (Å²) in [4.78, 5) is 15.3. The van der Waals surface area contributed by atoms with Gasteiger partial charge in [0.2, 0.25) is 5.91 Å². The number of benzene rings is 1. The molecule has 20 heavy (non-hydrogen) atoms. The van der Waals surface area contributed by atoms with Crippen molar-refractivity contribution in [2.24, 2.45) is 0 Å². The first-order chi connectivity index (χ1) is 9.60. The van der Waals surface area contributed by atoms with Gasteiger partial charge in [-0.05, 0) is 52.0 Å². The van der Waals surface area contributed by atoms with Crippen LogP contribution in [0.4, 0.5) is 4.39 Å². The van der Waals surface area contributed by atoms with Crippen molar-refractivity contribution in [3.05, 3.63) is 56.4 Å². The van der Waals surface area contributed by atoms with Crippen LogP contribution in [-0.4, -0.2) is 17.4 Å². The predicted molar refractivity (Wildman–Crippen MR) is 83.2 cm³/mol. The average molecular weight is 356 g/mol. The Balaban J connectivity index is 2.03. The van der Waals surface area contributed by atoms with Crippen molar-refractivity contribution in [2.75, 3.05) is 6.54 Å². The van der Waals surface area contributed by atoms with Crippen LogP contribution in [0.25, 0.3) is 0 Å². The van der Waals surface area contributed by atoms with Crippen LogP contribution < -0.4 is 0 Å². The minimum atomic E-state index is -0.313. The molecular weight excluding hydrogens is 341 g/mol. The van der Waals surface area contributed by atoms with Gasteiger partial charge >= 0.3 is 0 Å². The van der Waals surface area contributed by atoms with Gasteiger partial charge in [0.1, 0.15) is 5.82 Å². The van der Waals surface area contributed by atoms with E-state index in [2.05, 4.69) is 15.9 Å². The molecule has 0 saturated carbocycles. The molecule has 0 spiro atoms. The number of halogens is 2. The molecule has 2 nitrogen and oxygen atoms in total. The monoisotopic (exact) mass is 355 g/mol. The van der Waals surface area contributed by atoms with Crippen molar-refractivity contribution in [2.45, 2.75) is 19.9 Å². The lowest BCUT2D eigenvalue weighted by atomic mass is 10.1. The Kier molecular flexibility index (Phi) is 5.31. The highest BCUT2D eigenvalue weighted by Crippen LogP contribution is 2.18. The summed E-state index contributed by atoms with van der Waals surface area (Å²) in [5.74, 6) is -0.258. The van der Waals surface area contributed by atoms with E-state index in [9.17, 15) is 9.18 Å². The lowest BCUT2D eigenvalue weighted by Gasteiger charge is -2.20. The largest absolute Gasteiger partial charge is 0.338 e. The maximum absolute atomic E-state index is 13.2. The number of hydrogen-bond acceptors (Lipinski definition) is 2. The van der Waals surface area contributed by atoms with E-state index >= 15 is 0 Å². The Morgan fingerprint density at radius 2 is 2.20 bits per heavy atom. The van der Waals surface area contributed by atoms with Crippen LogP contribution in [-0.2, 0) is 17.8 Å². The van der Waals surface area contributed by atoms with Gasteiger partial charge in [-0.25, -0.2) is 4.39 Å². The van der Waals surface area contributed by atoms with Crippen LogP contribution in [0.5, 0.6) is 0 Å². The topological polar surface area (TPSA) is 20.3 Å². The van der Waals surface area contributed by atoms with Crippen molar-refractivity contribution in [1.29, 1.82) is 0 Å².